The second-order valence-corrected chi connectivity index (χ2v) is 10.5. The van der Waals surface area contributed by atoms with E-state index in [9.17, 15) is 14.7 Å². The van der Waals surface area contributed by atoms with Crippen LogP contribution in [0.3, 0.4) is 0 Å². The van der Waals surface area contributed by atoms with Crippen LogP contribution in [0.1, 0.15) is 47.1 Å². The van der Waals surface area contributed by atoms with Gasteiger partial charge in [0.1, 0.15) is 28.8 Å². The standard InChI is InChI=1S/C26H34N2O7/c1-25(2,3)34-23(30)28-16-21(33-24(31)35-26(4,5)6)22(29)20(28)14-17-9-11-18(12-10-17)32-19-8-7-13-27-15-19/h7-13,15,20-22,29H,14,16H2,1-6H3/t20-,21+,22+/m1/s1. The van der Waals surface area contributed by atoms with Crippen LogP contribution >= 0.6 is 0 Å². The van der Waals surface area contributed by atoms with Crippen molar-refractivity contribution >= 4 is 12.2 Å². The fraction of sp³-hybridized carbons (Fsp3) is 0.500. The average Bonchev–Trinajstić information content (AvgIpc) is 3.03. The summed E-state index contributed by atoms with van der Waals surface area (Å²) in [5.74, 6) is 1.24. The summed E-state index contributed by atoms with van der Waals surface area (Å²) in [6, 6.07) is 10.2. The van der Waals surface area contributed by atoms with Gasteiger partial charge in [-0.2, -0.15) is 0 Å². The summed E-state index contributed by atoms with van der Waals surface area (Å²) in [4.78, 5) is 30.6. The first-order chi connectivity index (χ1) is 16.3. The quantitative estimate of drug-likeness (QED) is 0.605. The Morgan fingerprint density at radius 2 is 1.66 bits per heavy atom. The van der Waals surface area contributed by atoms with Crippen molar-refractivity contribution in [2.24, 2.45) is 0 Å². The SMILES string of the molecule is CC(C)(C)OC(=O)O[C@H]1CN(C(=O)OC(C)(C)C)[C@H](Cc2ccc(Oc3cccnc3)cc2)[C@@H]1O. The van der Waals surface area contributed by atoms with Gasteiger partial charge in [-0.05, 0) is 77.8 Å². The van der Waals surface area contributed by atoms with Crippen molar-refractivity contribution in [2.45, 2.75) is 77.4 Å². The zero-order valence-corrected chi connectivity index (χ0v) is 21.1. The average molecular weight is 487 g/mol. The zero-order valence-electron chi connectivity index (χ0n) is 21.1. The van der Waals surface area contributed by atoms with E-state index in [1.807, 2.05) is 12.1 Å². The maximum Gasteiger partial charge on any atom is 0.509 e. The number of benzene rings is 1. The first-order valence-electron chi connectivity index (χ1n) is 11.5. The van der Waals surface area contributed by atoms with E-state index >= 15 is 0 Å². The zero-order chi connectivity index (χ0) is 25.8. The van der Waals surface area contributed by atoms with Crippen LogP contribution in [0.5, 0.6) is 11.5 Å². The Morgan fingerprint density at radius 1 is 1.00 bits per heavy atom. The fourth-order valence-electron chi connectivity index (χ4n) is 3.61. The molecule has 0 spiro atoms. The van der Waals surface area contributed by atoms with Gasteiger partial charge in [0, 0.05) is 6.20 Å². The van der Waals surface area contributed by atoms with Gasteiger partial charge < -0.3 is 24.1 Å². The molecule has 1 fully saturated rings. The lowest BCUT2D eigenvalue weighted by molar-refractivity contribution is -0.0486. The molecular weight excluding hydrogens is 452 g/mol. The molecular formula is C26H34N2O7. The Balaban J connectivity index is 1.74. The van der Waals surface area contributed by atoms with Crippen LogP contribution < -0.4 is 4.74 Å². The molecule has 2 heterocycles. The van der Waals surface area contributed by atoms with Gasteiger partial charge in [0.15, 0.2) is 6.10 Å². The van der Waals surface area contributed by atoms with E-state index < -0.39 is 41.7 Å². The third-order valence-electron chi connectivity index (χ3n) is 5.06. The monoisotopic (exact) mass is 486 g/mol. The largest absolute Gasteiger partial charge is 0.509 e. The molecule has 0 unspecified atom stereocenters. The van der Waals surface area contributed by atoms with E-state index in [4.69, 9.17) is 18.9 Å². The predicted octanol–water partition coefficient (Wildman–Crippen LogP) is 4.72. The van der Waals surface area contributed by atoms with Crippen molar-refractivity contribution in [3.05, 3.63) is 54.4 Å². The Bertz CT molecular complexity index is 997. The molecule has 9 heteroatoms. The molecule has 1 saturated heterocycles. The molecule has 1 aliphatic heterocycles. The molecule has 3 atom stereocenters. The number of aliphatic hydroxyl groups excluding tert-OH is 1. The maximum atomic E-state index is 12.9. The lowest BCUT2D eigenvalue weighted by Crippen LogP contribution is -2.43. The Kier molecular flexibility index (Phi) is 7.90. The number of rotatable bonds is 5. The summed E-state index contributed by atoms with van der Waals surface area (Å²) in [5.41, 5.74) is -0.606. The van der Waals surface area contributed by atoms with Crippen LogP contribution in [0.2, 0.25) is 0 Å². The molecule has 1 aliphatic rings. The summed E-state index contributed by atoms with van der Waals surface area (Å²) >= 11 is 0. The minimum atomic E-state index is -1.12. The molecule has 2 aromatic rings. The summed E-state index contributed by atoms with van der Waals surface area (Å²) < 4.78 is 21.9. The molecule has 1 amide bonds. The highest BCUT2D eigenvalue weighted by Crippen LogP contribution is 2.28. The second kappa shape index (κ2) is 10.5. The minimum absolute atomic E-state index is 0.0117. The van der Waals surface area contributed by atoms with E-state index in [1.165, 1.54) is 4.90 Å². The van der Waals surface area contributed by atoms with Crippen molar-refractivity contribution in [3.63, 3.8) is 0 Å². The Labute approximate surface area is 206 Å². The highest BCUT2D eigenvalue weighted by molar-refractivity contribution is 5.69. The predicted molar refractivity (Wildman–Crippen MR) is 128 cm³/mol. The van der Waals surface area contributed by atoms with Crippen molar-refractivity contribution in [2.75, 3.05) is 6.54 Å². The van der Waals surface area contributed by atoms with Crippen LogP contribution in [0.4, 0.5) is 9.59 Å². The maximum absolute atomic E-state index is 12.9. The lowest BCUT2D eigenvalue weighted by atomic mass is 10.0. The normalized spacial score (nSPS) is 20.3. The molecule has 0 bridgehead atoms. The summed E-state index contributed by atoms with van der Waals surface area (Å²) in [5, 5.41) is 11.0. The van der Waals surface area contributed by atoms with Crippen LogP contribution in [0, 0.1) is 0 Å². The highest BCUT2D eigenvalue weighted by Gasteiger charge is 2.47. The number of likely N-dealkylation sites (tertiary alicyclic amines) is 1. The van der Waals surface area contributed by atoms with Gasteiger partial charge in [-0.15, -0.1) is 0 Å². The van der Waals surface area contributed by atoms with E-state index in [1.54, 1.807) is 78.2 Å². The fourth-order valence-corrected chi connectivity index (χ4v) is 3.61. The second-order valence-electron chi connectivity index (χ2n) is 10.5. The van der Waals surface area contributed by atoms with Gasteiger partial charge in [-0.3, -0.25) is 9.88 Å². The molecule has 35 heavy (non-hydrogen) atoms. The summed E-state index contributed by atoms with van der Waals surface area (Å²) in [6.45, 7) is 10.4. The van der Waals surface area contributed by atoms with Crippen molar-refractivity contribution in [1.29, 1.82) is 0 Å². The molecule has 1 aromatic carbocycles. The summed E-state index contributed by atoms with van der Waals surface area (Å²) in [6.07, 6.45) is 0.0428. The third-order valence-corrected chi connectivity index (χ3v) is 5.06. The molecule has 9 nitrogen and oxygen atoms in total. The number of nitrogens with zero attached hydrogens (tertiary/aromatic N) is 2. The van der Waals surface area contributed by atoms with E-state index in [2.05, 4.69) is 4.98 Å². The number of aromatic nitrogens is 1. The Hall–Kier alpha value is -3.33. The van der Waals surface area contributed by atoms with Gasteiger partial charge in [0.25, 0.3) is 0 Å². The van der Waals surface area contributed by atoms with Gasteiger partial charge in [-0.1, -0.05) is 12.1 Å². The molecule has 0 saturated carbocycles. The van der Waals surface area contributed by atoms with Gasteiger partial charge in [-0.25, -0.2) is 9.59 Å². The Morgan fingerprint density at radius 3 is 2.23 bits per heavy atom. The molecule has 1 aromatic heterocycles. The van der Waals surface area contributed by atoms with E-state index in [-0.39, 0.29) is 6.54 Å². The number of hydrogen-bond acceptors (Lipinski definition) is 8. The highest BCUT2D eigenvalue weighted by atomic mass is 16.7. The van der Waals surface area contributed by atoms with Crippen molar-refractivity contribution in [3.8, 4) is 11.5 Å². The number of carbonyl (C=O) groups is 2. The number of aliphatic hydroxyl groups is 1. The minimum Gasteiger partial charge on any atom is -0.456 e. The first-order valence-corrected chi connectivity index (χ1v) is 11.5. The van der Waals surface area contributed by atoms with Crippen LogP contribution in [0.15, 0.2) is 48.8 Å². The van der Waals surface area contributed by atoms with Crippen LogP contribution in [-0.2, 0) is 20.6 Å². The van der Waals surface area contributed by atoms with Crippen molar-refractivity contribution in [1.82, 2.24) is 9.88 Å². The third kappa shape index (κ3) is 7.85. The summed E-state index contributed by atoms with van der Waals surface area (Å²) in [7, 11) is 0. The van der Waals surface area contributed by atoms with Crippen molar-refractivity contribution < 1.29 is 33.6 Å². The first kappa shape index (κ1) is 26.3. The number of pyridine rings is 1. The topological polar surface area (TPSA) is 107 Å². The molecule has 1 N–H and O–H groups in total. The number of hydrogen-bond donors (Lipinski definition) is 1. The van der Waals surface area contributed by atoms with Gasteiger partial charge >= 0.3 is 12.2 Å². The van der Waals surface area contributed by atoms with E-state index in [0.717, 1.165) is 5.56 Å². The van der Waals surface area contributed by atoms with Crippen LogP contribution in [-0.4, -0.2) is 63.2 Å². The van der Waals surface area contributed by atoms with Gasteiger partial charge in [0.2, 0.25) is 0 Å². The van der Waals surface area contributed by atoms with E-state index in [0.29, 0.717) is 17.9 Å². The number of ether oxygens (including phenoxy) is 4. The molecule has 0 aliphatic carbocycles. The van der Waals surface area contributed by atoms with Crippen LogP contribution in [0.25, 0.3) is 0 Å². The smallest absolute Gasteiger partial charge is 0.456 e. The molecule has 0 radical (unpaired) electrons. The van der Waals surface area contributed by atoms with Gasteiger partial charge in [0.05, 0.1) is 18.8 Å². The number of carbonyl (C=O) groups excluding carboxylic acids is 2. The number of amides is 1. The molecule has 3 rings (SSSR count). The lowest BCUT2D eigenvalue weighted by Gasteiger charge is -2.29. The molecule has 190 valence electrons.